The molecule has 2 aliphatic rings. The Labute approximate surface area is 100 Å². The highest BCUT2D eigenvalue weighted by Crippen LogP contribution is 2.37. The molecule has 88 valence electrons. The standard InChI is InChI=1S/C12H18N2OS/c1-2-9(3-1)12-14-11(8-16-12)6-10-7-15-5-4-13-10/h8-10,13H,1-7H2. The topological polar surface area (TPSA) is 34.1 Å². The smallest absolute Gasteiger partial charge is 0.0959 e. The van der Waals surface area contributed by atoms with E-state index in [2.05, 4.69) is 10.7 Å². The van der Waals surface area contributed by atoms with Gasteiger partial charge < -0.3 is 10.1 Å². The fourth-order valence-corrected chi connectivity index (χ4v) is 3.27. The van der Waals surface area contributed by atoms with Gasteiger partial charge in [-0.25, -0.2) is 4.98 Å². The molecule has 1 aliphatic carbocycles. The first-order valence-electron chi connectivity index (χ1n) is 6.17. The Balaban J connectivity index is 1.58. The zero-order valence-electron chi connectivity index (χ0n) is 9.45. The Morgan fingerprint density at radius 3 is 3.12 bits per heavy atom. The number of thiazole rings is 1. The third-order valence-corrected chi connectivity index (χ3v) is 4.53. The summed E-state index contributed by atoms with van der Waals surface area (Å²) in [5.74, 6) is 0.773. The van der Waals surface area contributed by atoms with Crippen LogP contribution in [-0.2, 0) is 11.2 Å². The van der Waals surface area contributed by atoms with Crippen LogP contribution in [0.3, 0.4) is 0 Å². The van der Waals surface area contributed by atoms with Crippen molar-refractivity contribution in [3.63, 3.8) is 0 Å². The molecule has 3 rings (SSSR count). The van der Waals surface area contributed by atoms with Crippen molar-refractivity contribution in [1.82, 2.24) is 10.3 Å². The van der Waals surface area contributed by atoms with E-state index >= 15 is 0 Å². The first-order valence-corrected chi connectivity index (χ1v) is 7.05. The van der Waals surface area contributed by atoms with Gasteiger partial charge in [-0.3, -0.25) is 0 Å². The number of nitrogens with zero attached hydrogens (tertiary/aromatic N) is 1. The van der Waals surface area contributed by atoms with E-state index in [-0.39, 0.29) is 0 Å². The van der Waals surface area contributed by atoms with E-state index in [1.807, 2.05) is 11.3 Å². The second-order valence-corrected chi connectivity index (χ2v) is 5.62. The summed E-state index contributed by atoms with van der Waals surface area (Å²) < 4.78 is 5.45. The van der Waals surface area contributed by atoms with Gasteiger partial charge in [0.2, 0.25) is 0 Å². The number of ether oxygens (including phenoxy) is 1. The summed E-state index contributed by atoms with van der Waals surface area (Å²) in [6.45, 7) is 2.65. The predicted molar refractivity (Wildman–Crippen MR) is 65.0 cm³/mol. The van der Waals surface area contributed by atoms with E-state index in [9.17, 15) is 0 Å². The molecule has 4 heteroatoms. The molecular weight excluding hydrogens is 220 g/mol. The zero-order valence-corrected chi connectivity index (χ0v) is 10.3. The third kappa shape index (κ3) is 2.29. The minimum atomic E-state index is 0.463. The lowest BCUT2D eigenvalue weighted by Crippen LogP contribution is -2.42. The van der Waals surface area contributed by atoms with Crippen LogP contribution in [0.5, 0.6) is 0 Å². The number of rotatable bonds is 3. The Morgan fingerprint density at radius 2 is 2.44 bits per heavy atom. The van der Waals surface area contributed by atoms with Crippen LogP contribution < -0.4 is 5.32 Å². The minimum absolute atomic E-state index is 0.463. The fourth-order valence-electron chi connectivity index (χ4n) is 2.26. The molecule has 1 unspecified atom stereocenters. The molecule has 0 spiro atoms. The summed E-state index contributed by atoms with van der Waals surface area (Å²) in [6.07, 6.45) is 5.09. The van der Waals surface area contributed by atoms with Crippen LogP contribution in [-0.4, -0.2) is 30.8 Å². The van der Waals surface area contributed by atoms with Crippen LogP contribution in [0, 0.1) is 0 Å². The summed E-state index contributed by atoms with van der Waals surface area (Å²) >= 11 is 1.84. The van der Waals surface area contributed by atoms with E-state index in [0.717, 1.165) is 32.1 Å². The van der Waals surface area contributed by atoms with Gasteiger partial charge in [0.15, 0.2) is 0 Å². The molecule has 2 heterocycles. The molecule has 0 aromatic carbocycles. The van der Waals surface area contributed by atoms with E-state index in [4.69, 9.17) is 9.72 Å². The second-order valence-electron chi connectivity index (χ2n) is 4.73. The van der Waals surface area contributed by atoms with Gasteiger partial charge in [-0.15, -0.1) is 11.3 Å². The Kier molecular flexibility index (Phi) is 3.22. The van der Waals surface area contributed by atoms with Crippen LogP contribution in [0.25, 0.3) is 0 Å². The number of nitrogens with one attached hydrogen (secondary N) is 1. The van der Waals surface area contributed by atoms with E-state index in [1.165, 1.54) is 30.0 Å². The predicted octanol–water partition coefficient (Wildman–Crippen LogP) is 1.94. The van der Waals surface area contributed by atoms with Crippen LogP contribution >= 0.6 is 11.3 Å². The number of hydrogen-bond donors (Lipinski definition) is 1. The molecule has 1 N–H and O–H groups in total. The number of aromatic nitrogens is 1. The highest BCUT2D eigenvalue weighted by atomic mass is 32.1. The van der Waals surface area contributed by atoms with Crippen molar-refractivity contribution in [3.8, 4) is 0 Å². The van der Waals surface area contributed by atoms with E-state index in [1.54, 1.807) is 0 Å². The maximum Gasteiger partial charge on any atom is 0.0959 e. The molecule has 0 bridgehead atoms. The molecule has 1 saturated carbocycles. The minimum Gasteiger partial charge on any atom is -0.379 e. The van der Waals surface area contributed by atoms with Gasteiger partial charge >= 0.3 is 0 Å². The molecule has 1 aliphatic heterocycles. The first-order chi connectivity index (χ1) is 7.92. The van der Waals surface area contributed by atoms with Crippen molar-refractivity contribution in [2.75, 3.05) is 19.8 Å². The second kappa shape index (κ2) is 4.82. The first kappa shape index (κ1) is 10.7. The van der Waals surface area contributed by atoms with Gasteiger partial charge in [-0.2, -0.15) is 0 Å². The molecule has 3 nitrogen and oxygen atoms in total. The normalized spacial score (nSPS) is 26.6. The van der Waals surface area contributed by atoms with Crippen molar-refractivity contribution >= 4 is 11.3 Å². The summed E-state index contributed by atoms with van der Waals surface area (Å²) in [7, 11) is 0. The van der Waals surface area contributed by atoms with E-state index in [0.29, 0.717) is 6.04 Å². The largest absolute Gasteiger partial charge is 0.379 e. The van der Waals surface area contributed by atoms with Crippen LogP contribution in [0.2, 0.25) is 0 Å². The maximum absolute atomic E-state index is 5.45. The Bertz CT molecular complexity index is 343. The molecule has 0 amide bonds. The lowest BCUT2D eigenvalue weighted by Gasteiger charge is -2.23. The van der Waals surface area contributed by atoms with Crippen molar-refractivity contribution in [3.05, 3.63) is 16.1 Å². The van der Waals surface area contributed by atoms with Gasteiger partial charge in [0.25, 0.3) is 0 Å². The van der Waals surface area contributed by atoms with Crippen molar-refractivity contribution in [1.29, 1.82) is 0 Å². The molecule has 16 heavy (non-hydrogen) atoms. The summed E-state index contributed by atoms with van der Waals surface area (Å²) in [6, 6.07) is 0.463. The van der Waals surface area contributed by atoms with Crippen LogP contribution in [0.15, 0.2) is 5.38 Å². The lowest BCUT2D eigenvalue weighted by molar-refractivity contribution is 0.0767. The highest BCUT2D eigenvalue weighted by Gasteiger charge is 2.23. The summed E-state index contributed by atoms with van der Waals surface area (Å²) in [5, 5.41) is 7.06. The summed E-state index contributed by atoms with van der Waals surface area (Å²) in [5.41, 5.74) is 1.25. The fraction of sp³-hybridized carbons (Fsp3) is 0.750. The molecular formula is C12H18N2OS. The molecule has 1 aromatic rings. The lowest BCUT2D eigenvalue weighted by atomic mass is 9.86. The van der Waals surface area contributed by atoms with Gasteiger partial charge in [0.05, 0.1) is 23.9 Å². The molecule has 0 radical (unpaired) electrons. The molecule has 1 aromatic heterocycles. The van der Waals surface area contributed by atoms with Crippen molar-refractivity contribution in [2.45, 2.75) is 37.6 Å². The Morgan fingerprint density at radius 1 is 1.50 bits per heavy atom. The van der Waals surface area contributed by atoms with Crippen molar-refractivity contribution < 1.29 is 4.74 Å². The van der Waals surface area contributed by atoms with Crippen LogP contribution in [0.4, 0.5) is 0 Å². The zero-order chi connectivity index (χ0) is 10.8. The van der Waals surface area contributed by atoms with Gasteiger partial charge in [-0.05, 0) is 12.8 Å². The SMILES string of the molecule is c1sc(C2CCC2)nc1CC1COCCN1. The molecule has 1 saturated heterocycles. The molecule has 1 atom stereocenters. The van der Waals surface area contributed by atoms with Gasteiger partial charge in [0.1, 0.15) is 0 Å². The Hall–Kier alpha value is -0.450. The van der Waals surface area contributed by atoms with Gasteiger partial charge in [-0.1, -0.05) is 6.42 Å². The monoisotopic (exact) mass is 238 g/mol. The average molecular weight is 238 g/mol. The summed E-state index contributed by atoms with van der Waals surface area (Å²) in [4.78, 5) is 4.75. The van der Waals surface area contributed by atoms with E-state index < -0.39 is 0 Å². The highest BCUT2D eigenvalue weighted by molar-refractivity contribution is 7.09. The van der Waals surface area contributed by atoms with Crippen molar-refractivity contribution in [2.24, 2.45) is 0 Å². The third-order valence-electron chi connectivity index (χ3n) is 3.48. The molecule has 2 fully saturated rings. The van der Waals surface area contributed by atoms with Crippen LogP contribution in [0.1, 0.15) is 35.9 Å². The number of hydrogen-bond acceptors (Lipinski definition) is 4. The number of morpholine rings is 1. The van der Waals surface area contributed by atoms with Gasteiger partial charge in [0, 0.05) is 30.3 Å². The average Bonchev–Trinajstić information content (AvgIpc) is 2.65. The quantitative estimate of drug-likeness (QED) is 0.874. The maximum atomic E-state index is 5.45.